The van der Waals surface area contributed by atoms with E-state index in [1.165, 1.54) is 0 Å². The summed E-state index contributed by atoms with van der Waals surface area (Å²) in [7, 11) is 0. The van der Waals surface area contributed by atoms with Gasteiger partial charge in [0.05, 0.1) is 18.1 Å². The quantitative estimate of drug-likeness (QED) is 0.421. The van der Waals surface area contributed by atoms with Crippen LogP contribution in [0.3, 0.4) is 0 Å². The molecule has 0 spiro atoms. The van der Waals surface area contributed by atoms with Gasteiger partial charge in [0, 0.05) is 31.7 Å². The third kappa shape index (κ3) is 3.57. The number of ether oxygens (including phenoxy) is 2. The molecule has 0 amide bonds. The molecular weight excluding hydrogens is 410 g/mol. The Bertz CT molecular complexity index is 1220. The summed E-state index contributed by atoms with van der Waals surface area (Å²) in [6, 6.07) is 7.70. The molecule has 4 aromatic rings. The van der Waals surface area contributed by atoms with Crippen molar-refractivity contribution in [3.05, 3.63) is 54.1 Å². The minimum absolute atomic E-state index is 0.265. The molecule has 11 nitrogen and oxygen atoms in total. The molecule has 0 radical (unpaired) electrons. The average Bonchev–Trinajstić information content (AvgIpc) is 3.63. The van der Waals surface area contributed by atoms with Gasteiger partial charge in [0.1, 0.15) is 11.5 Å². The number of nitrogens with zero attached hydrogens (tertiary/aromatic N) is 6. The first kappa shape index (κ1) is 18.6. The van der Waals surface area contributed by atoms with Gasteiger partial charge in [-0.25, -0.2) is 15.0 Å². The van der Waals surface area contributed by atoms with Gasteiger partial charge in [-0.2, -0.15) is 15.4 Å². The van der Waals surface area contributed by atoms with Gasteiger partial charge in [0.2, 0.25) is 12.7 Å². The number of hydrogen-bond acceptors (Lipinski definition) is 9. The summed E-state index contributed by atoms with van der Waals surface area (Å²) in [5, 5.41) is 14.1. The summed E-state index contributed by atoms with van der Waals surface area (Å²) in [6.45, 7) is 2.65. The number of anilines is 2. The minimum atomic E-state index is 0.265. The lowest BCUT2D eigenvalue weighted by Crippen LogP contribution is -2.19. The Morgan fingerprint density at radius 3 is 3.03 bits per heavy atom. The van der Waals surface area contributed by atoms with E-state index in [0.29, 0.717) is 24.2 Å². The van der Waals surface area contributed by atoms with Gasteiger partial charge in [-0.1, -0.05) is 6.07 Å². The van der Waals surface area contributed by atoms with E-state index in [-0.39, 0.29) is 6.79 Å². The lowest BCUT2D eigenvalue weighted by molar-refractivity contribution is 0.174. The largest absolute Gasteiger partial charge is 0.454 e. The zero-order valence-corrected chi connectivity index (χ0v) is 17.2. The van der Waals surface area contributed by atoms with Crippen molar-refractivity contribution in [1.29, 1.82) is 0 Å². The van der Waals surface area contributed by atoms with Gasteiger partial charge in [-0.15, -0.1) is 0 Å². The second-order valence-electron chi connectivity index (χ2n) is 7.75. The normalized spacial score (nSPS) is 17.1. The Balaban J connectivity index is 1.13. The van der Waals surface area contributed by atoms with Crippen LogP contribution in [0.1, 0.15) is 23.6 Å². The topological polar surface area (TPSA) is 130 Å². The van der Waals surface area contributed by atoms with Crippen LogP contribution in [-0.2, 0) is 6.54 Å². The van der Waals surface area contributed by atoms with E-state index >= 15 is 0 Å². The van der Waals surface area contributed by atoms with E-state index in [1.807, 2.05) is 30.5 Å². The number of fused-ring (bicyclic) bond motifs is 1. The van der Waals surface area contributed by atoms with E-state index in [9.17, 15) is 0 Å². The second kappa shape index (κ2) is 7.84. The monoisotopic (exact) mass is 431 g/mol. The third-order valence-electron chi connectivity index (χ3n) is 5.73. The van der Waals surface area contributed by atoms with Crippen LogP contribution in [0, 0.1) is 0 Å². The first-order valence-electron chi connectivity index (χ1n) is 10.4. The van der Waals surface area contributed by atoms with Gasteiger partial charge in [0.25, 0.3) is 0 Å². The van der Waals surface area contributed by atoms with Crippen molar-refractivity contribution in [3.8, 4) is 23.0 Å². The lowest BCUT2D eigenvalue weighted by atomic mass is 10.1. The van der Waals surface area contributed by atoms with Crippen LogP contribution < -0.4 is 19.7 Å². The standard InChI is InChI=1S/C21H21N9O2/c1-2-17-18(32-12-31-17)7-13(1)8-24-21-22-5-3-15(26-21)20-23-10-19(27-20)30-6-4-14(11-30)16-9-25-29-28-16/h1-3,5,7,9-10,14H,4,6,8,11-12H2,(H,23,27)(H,22,24,26)(H,25,28,29). The maximum Gasteiger partial charge on any atom is 0.231 e. The van der Waals surface area contributed by atoms with Crippen molar-refractivity contribution in [3.63, 3.8) is 0 Å². The number of imidazole rings is 1. The highest BCUT2D eigenvalue weighted by atomic mass is 16.7. The molecule has 5 heterocycles. The first-order valence-corrected chi connectivity index (χ1v) is 10.4. The number of benzene rings is 1. The van der Waals surface area contributed by atoms with Crippen molar-refractivity contribution < 1.29 is 9.47 Å². The zero-order chi connectivity index (χ0) is 21.3. The number of rotatable bonds is 6. The number of nitrogens with one attached hydrogen (secondary N) is 3. The molecule has 0 saturated carbocycles. The molecule has 1 saturated heterocycles. The predicted octanol–water partition coefficient (Wildman–Crippen LogP) is 2.32. The summed E-state index contributed by atoms with van der Waals surface area (Å²) < 4.78 is 10.8. The number of H-pyrrole nitrogens is 2. The molecule has 3 N–H and O–H groups in total. The zero-order valence-electron chi connectivity index (χ0n) is 17.2. The van der Waals surface area contributed by atoms with Crippen LogP contribution in [0.25, 0.3) is 11.5 Å². The van der Waals surface area contributed by atoms with Gasteiger partial charge in [-0.05, 0) is 30.2 Å². The molecule has 2 aliphatic heterocycles. The maximum atomic E-state index is 5.43. The van der Waals surface area contributed by atoms with E-state index in [0.717, 1.165) is 53.8 Å². The van der Waals surface area contributed by atoms with Gasteiger partial charge in [0.15, 0.2) is 17.3 Å². The molecule has 6 rings (SSSR count). The Morgan fingerprint density at radius 2 is 2.09 bits per heavy atom. The summed E-state index contributed by atoms with van der Waals surface area (Å²) in [4.78, 5) is 19.1. The fourth-order valence-corrected chi connectivity index (χ4v) is 4.04. The second-order valence-corrected chi connectivity index (χ2v) is 7.75. The van der Waals surface area contributed by atoms with Crippen molar-refractivity contribution >= 4 is 11.8 Å². The van der Waals surface area contributed by atoms with Gasteiger partial charge in [-0.3, -0.25) is 0 Å². The summed E-state index contributed by atoms with van der Waals surface area (Å²) in [5.74, 6) is 4.11. The first-order chi connectivity index (χ1) is 15.8. The molecule has 0 aliphatic carbocycles. The Labute approximate surface area is 183 Å². The fourth-order valence-electron chi connectivity index (χ4n) is 4.04. The van der Waals surface area contributed by atoms with Crippen molar-refractivity contribution in [2.24, 2.45) is 0 Å². The minimum Gasteiger partial charge on any atom is -0.454 e. The molecular formula is C21H21N9O2. The van der Waals surface area contributed by atoms with Crippen LogP contribution in [0.2, 0.25) is 0 Å². The molecule has 1 aromatic carbocycles. The van der Waals surface area contributed by atoms with E-state index < -0.39 is 0 Å². The molecule has 11 heteroatoms. The molecule has 162 valence electrons. The highest BCUT2D eigenvalue weighted by Crippen LogP contribution is 2.33. The number of hydrogen-bond donors (Lipinski definition) is 3. The molecule has 2 aliphatic rings. The van der Waals surface area contributed by atoms with Crippen LogP contribution in [0.4, 0.5) is 11.8 Å². The van der Waals surface area contributed by atoms with Gasteiger partial charge < -0.3 is 24.7 Å². The summed E-state index contributed by atoms with van der Waals surface area (Å²) in [5.41, 5.74) is 2.78. The van der Waals surface area contributed by atoms with Crippen LogP contribution >= 0.6 is 0 Å². The van der Waals surface area contributed by atoms with Crippen molar-refractivity contribution in [1.82, 2.24) is 35.3 Å². The smallest absolute Gasteiger partial charge is 0.231 e. The van der Waals surface area contributed by atoms with Crippen LogP contribution in [-0.4, -0.2) is 55.2 Å². The third-order valence-corrected chi connectivity index (χ3v) is 5.73. The van der Waals surface area contributed by atoms with Crippen molar-refractivity contribution in [2.75, 3.05) is 30.1 Å². The van der Waals surface area contributed by atoms with Gasteiger partial charge >= 0.3 is 0 Å². The lowest BCUT2D eigenvalue weighted by Gasteiger charge is -2.15. The number of aromatic nitrogens is 7. The van der Waals surface area contributed by atoms with Crippen molar-refractivity contribution in [2.45, 2.75) is 18.9 Å². The fraction of sp³-hybridized carbons (Fsp3) is 0.286. The summed E-state index contributed by atoms with van der Waals surface area (Å²) in [6.07, 6.45) is 6.40. The van der Waals surface area contributed by atoms with E-state index in [2.05, 4.69) is 45.6 Å². The van der Waals surface area contributed by atoms with E-state index in [4.69, 9.17) is 9.47 Å². The predicted molar refractivity (Wildman–Crippen MR) is 115 cm³/mol. The average molecular weight is 431 g/mol. The number of aromatic amines is 2. The molecule has 32 heavy (non-hydrogen) atoms. The Morgan fingerprint density at radius 1 is 1.12 bits per heavy atom. The highest BCUT2D eigenvalue weighted by molar-refractivity contribution is 5.56. The Hall–Kier alpha value is -4.15. The highest BCUT2D eigenvalue weighted by Gasteiger charge is 2.27. The molecule has 1 atom stereocenters. The van der Waals surface area contributed by atoms with E-state index in [1.54, 1.807) is 12.4 Å². The summed E-state index contributed by atoms with van der Waals surface area (Å²) >= 11 is 0. The molecule has 0 bridgehead atoms. The molecule has 3 aromatic heterocycles. The van der Waals surface area contributed by atoms with Crippen LogP contribution in [0.15, 0.2) is 42.9 Å². The maximum absolute atomic E-state index is 5.43. The SMILES string of the molecule is c1cc(-c2ncc(N3CCC(c4cn[nH]n4)C3)[nH]2)nc(NCc2ccc3c(c2)OCO3)n1. The molecule has 1 unspecified atom stereocenters. The van der Waals surface area contributed by atoms with Crippen LogP contribution in [0.5, 0.6) is 11.5 Å². The molecule has 1 fully saturated rings. The Kier molecular flexibility index (Phi) is 4.56.